The van der Waals surface area contributed by atoms with Crippen LogP contribution >= 0.6 is 0 Å². The summed E-state index contributed by atoms with van der Waals surface area (Å²) >= 11 is 0. The largest absolute Gasteiger partial charge is 0.497 e. The van der Waals surface area contributed by atoms with E-state index in [9.17, 15) is 0 Å². The molecule has 19 heavy (non-hydrogen) atoms. The number of hydrogen-bond acceptors (Lipinski definition) is 2. The Morgan fingerprint density at radius 3 is 2.84 bits per heavy atom. The van der Waals surface area contributed by atoms with Crippen LogP contribution in [0.3, 0.4) is 0 Å². The van der Waals surface area contributed by atoms with E-state index in [1.165, 1.54) is 45.2 Å². The molecule has 2 nitrogen and oxygen atoms in total. The second kappa shape index (κ2) is 4.52. The van der Waals surface area contributed by atoms with Crippen LogP contribution in [0.15, 0.2) is 18.2 Å². The maximum Gasteiger partial charge on any atom is 0.119 e. The summed E-state index contributed by atoms with van der Waals surface area (Å²) in [5.74, 6) is 2.70. The fourth-order valence-electron chi connectivity index (χ4n) is 4.78. The first-order valence-electron chi connectivity index (χ1n) is 7.77. The minimum atomic E-state index is 0.762. The number of methoxy groups -OCH3 is 1. The molecule has 0 radical (unpaired) electrons. The average molecular weight is 257 g/mol. The minimum Gasteiger partial charge on any atom is -0.497 e. The van der Waals surface area contributed by atoms with Crippen molar-refractivity contribution in [2.75, 3.05) is 20.2 Å². The zero-order chi connectivity index (χ0) is 12.8. The Morgan fingerprint density at radius 1 is 1.16 bits per heavy atom. The summed E-state index contributed by atoms with van der Waals surface area (Å²) in [7, 11) is 1.78. The fraction of sp³-hybridized carbons (Fsp3) is 0.647. The molecule has 2 heterocycles. The molecule has 2 fully saturated rings. The van der Waals surface area contributed by atoms with Gasteiger partial charge in [0.1, 0.15) is 5.75 Å². The zero-order valence-electron chi connectivity index (χ0n) is 11.8. The smallest absolute Gasteiger partial charge is 0.119 e. The molecule has 1 aromatic rings. The van der Waals surface area contributed by atoms with Gasteiger partial charge in [-0.1, -0.05) is 6.07 Å². The molecule has 0 saturated carbocycles. The maximum atomic E-state index is 5.44. The SMILES string of the molecule is COc1ccc2c(c1)[C@H]1CCCN3CCC[C@@H](C2)[C@@H]13. The van der Waals surface area contributed by atoms with E-state index in [0.29, 0.717) is 0 Å². The van der Waals surface area contributed by atoms with Crippen LogP contribution in [0.4, 0.5) is 0 Å². The summed E-state index contributed by atoms with van der Waals surface area (Å²) in [6.45, 7) is 2.66. The number of nitrogens with zero attached hydrogens (tertiary/aromatic N) is 1. The third kappa shape index (κ3) is 1.80. The van der Waals surface area contributed by atoms with Crippen molar-refractivity contribution in [1.82, 2.24) is 4.90 Å². The topological polar surface area (TPSA) is 12.5 Å². The number of rotatable bonds is 1. The molecule has 1 aromatic carbocycles. The lowest BCUT2D eigenvalue weighted by Gasteiger charge is -2.52. The Bertz CT molecular complexity index is 482. The van der Waals surface area contributed by atoms with E-state index in [0.717, 1.165) is 23.6 Å². The first kappa shape index (κ1) is 11.8. The molecule has 4 rings (SSSR count). The van der Waals surface area contributed by atoms with Crippen LogP contribution in [-0.2, 0) is 6.42 Å². The molecule has 0 unspecified atom stereocenters. The highest BCUT2D eigenvalue weighted by Gasteiger charge is 2.43. The highest BCUT2D eigenvalue weighted by atomic mass is 16.5. The summed E-state index contributed by atoms with van der Waals surface area (Å²) < 4.78 is 5.44. The predicted molar refractivity (Wildman–Crippen MR) is 76.8 cm³/mol. The molecular formula is C17H23NO. The summed E-state index contributed by atoms with van der Waals surface area (Å²) in [6, 6.07) is 7.59. The van der Waals surface area contributed by atoms with Gasteiger partial charge in [0, 0.05) is 12.0 Å². The van der Waals surface area contributed by atoms with E-state index in [1.54, 1.807) is 18.2 Å². The molecular weight excluding hydrogens is 234 g/mol. The van der Waals surface area contributed by atoms with Crippen LogP contribution in [0, 0.1) is 5.92 Å². The molecule has 1 aliphatic carbocycles. The monoisotopic (exact) mass is 257 g/mol. The van der Waals surface area contributed by atoms with Gasteiger partial charge >= 0.3 is 0 Å². The molecule has 0 amide bonds. The van der Waals surface area contributed by atoms with Crippen molar-refractivity contribution in [2.45, 2.75) is 44.1 Å². The Kier molecular flexibility index (Phi) is 2.80. The highest BCUT2D eigenvalue weighted by molar-refractivity contribution is 5.41. The van der Waals surface area contributed by atoms with E-state index in [4.69, 9.17) is 4.74 Å². The Hall–Kier alpha value is -1.02. The van der Waals surface area contributed by atoms with Crippen molar-refractivity contribution in [2.24, 2.45) is 5.92 Å². The van der Waals surface area contributed by atoms with E-state index in [2.05, 4.69) is 23.1 Å². The molecule has 0 spiro atoms. The standard InChI is InChI=1S/C17H23NO/c1-19-14-7-6-12-10-13-4-2-8-18-9-3-5-15(17(13)18)16(12)11-14/h6-7,11,13,15,17H,2-5,8-10H2,1H3/t13-,15+,17-/m0/s1. The van der Waals surface area contributed by atoms with Crippen molar-refractivity contribution >= 4 is 0 Å². The second-order valence-electron chi connectivity index (χ2n) is 6.45. The van der Waals surface area contributed by atoms with E-state index < -0.39 is 0 Å². The normalized spacial score (nSPS) is 33.4. The quantitative estimate of drug-likeness (QED) is 0.766. The van der Waals surface area contributed by atoms with Gasteiger partial charge in [0.15, 0.2) is 0 Å². The van der Waals surface area contributed by atoms with Gasteiger partial charge in [-0.2, -0.15) is 0 Å². The summed E-state index contributed by atoms with van der Waals surface area (Å²) in [5.41, 5.74) is 3.18. The van der Waals surface area contributed by atoms with Crippen molar-refractivity contribution in [3.05, 3.63) is 29.3 Å². The van der Waals surface area contributed by atoms with Gasteiger partial charge in [-0.05, 0) is 74.4 Å². The first-order chi connectivity index (χ1) is 9.36. The number of benzene rings is 1. The number of piperidine rings is 2. The molecule has 3 atom stereocenters. The van der Waals surface area contributed by atoms with Crippen LogP contribution in [0.25, 0.3) is 0 Å². The van der Waals surface area contributed by atoms with Crippen LogP contribution in [0.1, 0.15) is 42.7 Å². The lowest BCUT2D eigenvalue weighted by Crippen LogP contribution is -2.54. The van der Waals surface area contributed by atoms with E-state index in [-0.39, 0.29) is 0 Å². The molecule has 2 heteroatoms. The lowest BCUT2D eigenvalue weighted by molar-refractivity contribution is 0.0349. The Labute approximate surface area is 115 Å². The summed E-state index contributed by atoms with van der Waals surface area (Å²) in [4.78, 5) is 2.78. The average Bonchev–Trinajstić information content (AvgIpc) is 2.47. The molecule has 102 valence electrons. The predicted octanol–water partition coefficient (Wildman–Crippen LogP) is 3.21. The van der Waals surface area contributed by atoms with Gasteiger partial charge in [0.25, 0.3) is 0 Å². The van der Waals surface area contributed by atoms with Gasteiger partial charge in [0.05, 0.1) is 7.11 Å². The first-order valence-corrected chi connectivity index (χ1v) is 7.77. The fourth-order valence-corrected chi connectivity index (χ4v) is 4.78. The molecule has 2 aliphatic heterocycles. The zero-order valence-corrected chi connectivity index (χ0v) is 11.8. The third-order valence-electron chi connectivity index (χ3n) is 5.53. The van der Waals surface area contributed by atoms with Gasteiger partial charge in [-0.25, -0.2) is 0 Å². The van der Waals surface area contributed by atoms with E-state index in [1.807, 2.05) is 0 Å². The molecule has 3 aliphatic rings. The van der Waals surface area contributed by atoms with Crippen LogP contribution in [0.5, 0.6) is 5.75 Å². The van der Waals surface area contributed by atoms with Gasteiger partial charge < -0.3 is 4.74 Å². The second-order valence-corrected chi connectivity index (χ2v) is 6.45. The number of fused-ring (bicyclic) bond motifs is 2. The minimum absolute atomic E-state index is 0.762. The molecule has 0 bridgehead atoms. The summed E-state index contributed by atoms with van der Waals surface area (Å²) in [6.07, 6.45) is 6.86. The molecule has 2 saturated heterocycles. The lowest BCUT2D eigenvalue weighted by atomic mass is 9.66. The van der Waals surface area contributed by atoms with Crippen molar-refractivity contribution < 1.29 is 4.74 Å². The van der Waals surface area contributed by atoms with Gasteiger partial charge in [0.2, 0.25) is 0 Å². The van der Waals surface area contributed by atoms with Crippen molar-refractivity contribution in [3.8, 4) is 5.75 Å². The van der Waals surface area contributed by atoms with E-state index >= 15 is 0 Å². The van der Waals surface area contributed by atoms with Crippen molar-refractivity contribution in [1.29, 1.82) is 0 Å². The Morgan fingerprint density at radius 2 is 2.00 bits per heavy atom. The number of hydrogen-bond donors (Lipinski definition) is 0. The third-order valence-corrected chi connectivity index (χ3v) is 5.53. The maximum absolute atomic E-state index is 5.44. The molecule has 0 aromatic heterocycles. The Balaban J connectivity index is 1.77. The summed E-state index contributed by atoms with van der Waals surface area (Å²) in [5, 5.41) is 0. The van der Waals surface area contributed by atoms with Gasteiger partial charge in [-0.3, -0.25) is 4.90 Å². The van der Waals surface area contributed by atoms with Crippen LogP contribution in [0.2, 0.25) is 0 Å². The van der Waals surface area contributed by atoms with Crippen molar-refractivity contribution in [3.63, 3.8) is 0 Å². The van der Waals surface area contributed by atoms with Gasteiger partial charge in [-0.15, -0.1) is 0 Å². The molecule has 0 N–H and O–H groups in total. The highest BCUT2D eigenvalue weighted by Crippen LogP contribution is 2.47. The van der Waals surface area contributed by atoms with Crippen LogP contribution in [-0.4, -0.2) is 31.1 Å². The van der Waals surface area contributed by atoms with Crippen LogP contribution < -0.4 is 4.74 Å². The number of ether oxygens (including phenoxy) is 1.